The second-order valence-corrected chi connectivity index (χ2v) is 6.58. The van der Waals surface area contributed by atoms with Gasteiger partial charge in [0.2, 0.25) is 5.95 Å². The van der Waals surface area contributed by atoms with E-state index in [2.05, 4.69) is 30.8 Å². The Morgan fingerprint density at radius 1 is 1.12 bits per heavy atom. The molecule has 0 aromatic carbocycles. The van der Waals surface area contributed by atoms with Crippen LogP contribution in [0.1, 0.15) is 11.3 Å². The molecular formula is C17H20ClN7. The van der Waals surface area contributed by atoms with Crippen molar-refractivity contribution in [2.24, 2.45) is 0 Å². The van der Waals surface area contributed by atoms with E-state index >= 15 is 0 Å². The lowest BCUT2D eigenvalue weighted by molar-refractivity contribution is 0.640. The number of pyridine rings is 1. The third kappa shape index (κ3) is 3.74. The zero-order chi connectivity index (χ0) is 18.0. The highest BCUT2D eigenvalue weighted by atomic mass is 35.5. The van der Waals surface area contributed by atoms with Crippen molar-refractivity contribution in [2.45, 2.75) is 6.92 Å². The number of aromatic nitrogens is 3. The average molecular weight is 358 g/mol. The topological polar surface area (TPSA) is 72.2 Å². The normalized spacial score (nSPS) is 14.4. The Hall–Kier alpha value is -2.59. The number of hydrogen-bond donors (Lipinski definition) is 0. The van der Waals surface area contributed by atoms with Crippen LogP contribution in [0.3, 0.4) is 0 Å². The molecule has 0 unspecified atom stereocenters. The highest BCUT2D eigenvalue weighted by Gasteiger charge is 2.22. The number of aryl methyl sites for hydroxylation is 1. The maximum absolute atomic E-state index is 8.92. The molecule has 0 spiro atoms. The van der Waals surface area contributed by atoms with Gasteiger partial charge in [-0.15, -0.1) is 0 Å². The Morgan fingerprint density at radius 3 is 2.40 bits per heavy atom. The van der Waals surface area contributed by atoms with Gasteiger partial charge < -0.3 is 14.7 Å². The van der Waals surface area contributed by atoms with E-state index in [0.29, 0.717) is 16.5 Å². The van der Waals surface area contributed by atoms with Crippen LogP contribution in [0.5, 0.6) is 0 Å². The van der Waals surface area contributed by atoms with Crippen LogP contribution in [0.25, 0.3) is 0 Å². The van der Waals surface area contributed by atoms with Gasteiger partial charge in [0.1, 0.15) is 17.7 Å². The Morgan fingerprint density at radius 2 is 1.80 bits per heavy atom. The van der Waals surface area contributed by atoms with Crippen LogP contribution in [0.2, 0.25) is 5.02 Å². The number of nitrogens with zero attached hydrogens (tertiary/aromatic N) is 7. The SMILES string of the molecule is Cc1cc(N2CCN(c3ncc(C#N)cc3Cl)CC2)nc(N(C)C)n1. The summed E-state index contributed by atoms with van der Waals surface area (Å²) in [5, 5.41) is 9.44. The Bertz CT molecular complexity index is 807. The van der Waals surface area contributed by atoms with Gasteiger partial charge in [0.05, 0.1) is 10.6 Å². The fraction of sp³-hybridized carbons (Fsp3) is 0.412. The predicted molar refractivity (Wildman–Crippen MR) is 99.5 cm³/mol. The molecule has 1 aliphatic heterocycles. The summed E-state index contributed by atoms with van der Waals surface area (Å²) in [4.78, 5) is 19.7. The van der Waals surface area contributed by atoms with Gasteiger partial charge in [-0.3, -0.25) is 0 Å². The van der Waals surface area contributed by atoms with Gasteiger partial charge in [0.25, 0.3) is 0 Å². The molecule has 25 heavy (non-hydrogen) atoms. The maximum atomic E-state index is 8.92. The third-order valence-corrected chi connectivity index (χ3v) is 4.36. The molecule has 130 valence electrons. The molecule has 0 radical (unpaired) electrons. The molecule has 1 fully saturated rings. The van der Waals surface area contributed by atoms with E-state index in [0.717, 1.165) is 43.5 Å². The van der Waals surface area contributed by atoms with E-state index in [1.807, 2.05) is 32.0 Å². The van der Waals surface area contributed by atoms with Crippen molar-refractivity contribution < 1.29 is 0 Å². The largest absolute Gasteiger partial charge is 0.353 e. The molecule has 0 bridgehead atoms. The second-order valence-electron chi connectivity index (χ2n) is 6.18. The van der Waals surface area contributed by atoms with E-state index in [4.69, 9.17) is 16.9 Å². The lowest BCUT2D eigenvalue weighted by atomic mass is 10.2. The first kappa shape index (κ1) is 17.2. The second kappa shape index (κ2) is 7.11. The fourth-order valence-corrected chi connectivity index (χ4v) is 3.06. The van der Waals surface area contributed by atoms with Crippen LogP contribution in [0.4, 0.5) is 17.6 Å². The van der Waals surface area contributed by atoms with Gasteiger partial charge in [-0.2, -0.15) is 10.2 Å². The quantitative estimate of drug-likeness (QED) is 0.832. The molecular weight excluding hydrogens is 338 g/mol. The standard InChI is InChI=1S/C17H20ClN7/c1-12-8-15(22-17(21-12)23(2)3)24-4-6-25(7-5-24)16-14(18)9-13(10-19)11-20-16/h8-9,11H,4-7H2,1-3H3. The van der Waals surface area contributed by atoms with Crippen molar-refractivity contribution in [2.75, 3.05) is 55.0 Å². The lowest BCUT2D eigenvalue weighted by Gasteiger charge is -2.36. The molecule has 1 saturated heterocycles. The molecule has 3 rings (SSSR count). The van der Waals surface area contributed by atoms with E-state index in [-0.39, 0.29) is 0 Å². The summed E-state index contributed by atoms with van der Waals surface area (Å²) in [5.74, 6) is 2.39. The van der Waals surface area contributed by atoms with Crippen LogP contribution in [-0.2, 0) is 0 Å². The molecule has 8 heteroatoms. The molecule has 0 amide bonds. The number of rotatable bonds is 3. The first-order valence-electron chi connectivity index (χ1n) is 8.06. The van der Waals surface area contributed by atoms with Crippen LogP contribution < -0.4 is 14.7 Å². The summed E-state index contributed by atoms with van der Waals surface area (Å²) in [6, 6.07) is 5.72. The van der Waals surface area contributed by atoms with Crippen molar-refractivity contribution >= 4 is 29.2 Å². The number of nitriles is 1. The predicted octanol–water partition coefficient (Wildman–Crippen LogP) is 2.10. The summed E-state index contributed by atoms with van der Waals surface area (Å²) in [7, 11) is 3.88. The van der Waals surface area contributed by atoms with Crippen LogP contribution >= 0.6 is 11.6 Å². The zero-order valence-corrected chi connectivity index (χ0v) is 15.3. The van der Waals surface area contributed by atoms with E-state index < -0.39 is 0 Å². The average Bonchev–Trinajstić information content (AvgIpc) is 2.61. The maximum Gasteiger partial charge on any atom is 0.226 e. The number of halogens is 1. The Balaban J connectivity index is 1.73. The van der Waals surface area contributed by atoms with Crippen LogP contribution in [-0.4, -0.2) is 55.2 Å². The van der Waals surface area contributed by atoms with Crippen LogP contribution in [0.15, 0.2) is 18.3 Å². The molecule has 0 aliphatic carbocycles. The van der Waals surface area contributed by atoms with Crippen molar-refractivity contribution in [3.63, 3.8) is 0 Å². The first-order chi connectivity index (χ1) is 12.0. The Labute approximate surface area is 152 Å². The lowest BCUT2D eigenvalue weighted by Crippen LogP contribution is -2.47. The molecule has 2 aromatic rings. The van der Waals surface area contributed by atoms with Crippen molar-refractivity contribution in [1.82, 2.24) is 15.0 Å². The van der Waals surface area contributed by atoms with E-state index in [1.54, 1.807) is 12.3 Å². The van der Waals surface area contributed by atoms with Crippen molar-refractivity contribution in [3.05, 3.63) is 34.6 Å². The minimum Gasteiger partial charge on any atom is -0.353 e. The minimum absolute atomic E-state index is 0.472. The molecule has 0 saturated carbocycles. The molecule has 0 N–H and O–H groups in total. The number of hydrogen-bond acceptors (Lipinski definition) is 7. The minimum atomic E-state index is 0.472. The summed E-state index contributed by atoms with van der Waals surface area (Å²) in [5.41, 5.74) is 1.42. The van der Waals surface area contributed by atoms with Crippen molar-refractivity contribution in [3.8, 4) is 6.07 Å². The summed E-state index contributed by atoms with van der Waals surface area (Å²) in [6.45, 7) is 5.20. The number of anilines is 3. The summed E-state index contributed by atoms with van der Waals surface area (Å²) >= 11 is 6.28. The van der Waals surface area contributed by atoms with Gasteiger partial charge in [-0.25, -0.2) is 9.97 Å². The van der Waals surface area contributed by atoms with Gasteiger partial charge in [-0.1, -0.05) is 11.6 Å². The van der Waals surface area contributed by atoms with Gasteiger partial charge >= 0.3 is 0 Å². The molecule has 1 aliphatic rings. The van der Waals surface area contributed by atoms with Gasteiger partial charge in [0.15, 0.2) is 0 Å². The highest BCUT2D eigenvalue weighted by molar-refractivity contribution is 6.33. The zero-order valence-electron chi connectivity index (χ0n) is 14.6. The molecule has 2 aromatic heterocycles. The molecule has 7 nitrogen and oxygen atoms in total. The van der Waals surface area contributed by atoms with E-state index in [9.17, 15) is 0 Å². The van der Waals surface area contributed by atoms with Crippen LogP contribution in [0, 0.1) is 18.3 Å². The first-order valence-corrected chi connectivity index (χ1v) is 8.44. The third-order valence-electron chi connectivity index (χ3n) is 4.08. The van der Waals surface area contributed by atoms with Crippen molar-refractivity contribution in [1.29, 1.82) is 5.26 Å². The van der Waals surface area contributed by atoms with Gasteiger partial charge in [0, 0.05) is 58.2 Å². The van der Waals surface area contributed by atoms with E-state index in [1.165, 1.54) is 0 Å². The van der Waals surface area contributed by atoms with Gasteiger partial charge in [-0.05, 0) is 13.0 Å². The smallest absolute Gasteiger partial charge is 0.226 e. The fourth-order valence-electron chi connectivity index (χ4n) is 2.77. The molecule has 0 atom stereocenters. The highest BCUT2D eigenvalue weighted by Crippen LogP contribution is 2.26. The summed E-state index contributed by atoms with van der Waals surface area (Å²) in [6.07, 6.45) is 1.56. The number of piperazine rings is 1. The Kier molecular flexibility index (Phi) is 4.91. The monoisotopic (exact) mass is 357 g/mol. The molecule has 3 heterocycles. The summed E-state index contributed by atoms with van der Waals surface area (Å²) < 4.78 is 0.